The second kappa shape index (κ2) is 6.52. The summed E-state index contributed by atoms with van der Waals surface area (Å²) in [6, 6.07) is 8.17. The van der Waals surface area contributed by atoms with E-state index in [9.17, 15) is 0 Å². The van der Waals surface area contributed by atoms with E-state index in [2.05, 4.69) is 31.0 Å². The van der Waals surface area contributed by atoms with Gasteiger partial charge >= 0.3 is 0 Å². The predicted octanol–water partition coefficient (Wildman–Crippen LogP) is 3.17. The van der Waals surface area contributed by atoms with Gasteiger partial charge in [0.05, 0.1) is 11.6 Å². The lowest BCUT2D eigenvalue weighted by Gasteiger charge is -2.09. The zero-order valence-electron chi connectivity index (χ0n) is 11.7. The largest absolute Gasteiger partial charge is 0.493 e. The lowest BCUT2D eigenvalue weighted by Crippen LogP contribution is -2.11. The van der Waals surface area contributed by atoms with Crippen molar-refractivity contribution >= 4 is 17.2 Å². The van der Waals surface area contributed by atoms with Gasteiger partial charge in [-0.3, -0.25) is 5.41 Å². The van der Waals surface area contributed by atoms with Crippen molar-refractivity contribution in [3.63, 3.8) is 0 Å². The van der Waals surface area contributed by atoms with Crippen LogP contribution in [0.3, 0.4) is 0 Å². The summed E-state index contributed by atoms with van der Waals surface area (Å²) in [6.45, 7) is 4.91. The molecule has 0 aliphatic heterocycles. The topological polar surface area (TPSA) is 72.0 Å². The second-order valence-corrected chi connectivity index (χ2v) is 5.81. The van der Waals surface area contributed by atoms with Crippen LogP contribution in [0.2, 0.25) is 0 Å². The summed E-state index contributed by atoms with van der Waals surface area (Å²) in [7, 11) is 0. The molecule has 0 atom stereocenters. The Labute approximate surface area is 123 Å². The summed E-state index contributed by atoms with van der Waals surface area (Å²) < 4.78 is 5.75. The third kappa shape index (κ3) is 3.81. The van der Waals surface area contributed by atoms with E-state index in [1.807, 2.05) is 12.1 Å². The van der Waals surface area contributed by atoms with Crippen LogP contribution in [0.1, 0.15) is 36.0 Å². The first-order chi connectivity index (χ1) is 9.56. The van der Waals surface area contributed by atoms with Gasteiger partial charge in [0.1, 0.15) is 17.3 Å². The number of aromatic nitrogens is 1. The molecular weight excluding hydrogens is 270 g/mol. The Morgan fingerprint density at radius 2 is 2.25 bits per heavy atom. The van der Waals surface area contributed by atoms with Gasteiger partial charge in [-0.1, -0.05) is 26.0 Å². The fourth-order valence-electron chi connectivity index (χ4n) is 1.77. The summed E-state index contributed by atoms with van der Waals surface area (Å²) in [4.78, 5) is 4.28. The van der Waals surface area contributed by atoms with Gasteiger partial charge in [0.15, 0.2) is 0 Å². The van der Waals surface area contributed by atoms with Crippen molar-refractivity contribution in [2.75, 3.05) is 6.61 Å². The van der Waals surface area contributed by atoms with Crippen LogP contribution in [0.4, 0.5) is 0 Å². The second-order valence-electron chi connectivity index (χ2n) is 4.87. The molecule has 0 saturated carbocycles. The van der Waals surface area contributed by atoms with Gasteiger partial charge in [0.2, 0.25) is 0 Å². The highest BCUT2D eigenvalue weighted by Crippen LogP contribution is 2.20. The smallest absolute Gasteiger partial charge is 0.142 e. The lowest BCUT2D eigenvalue weighted by atomic mass is 10.0. The molecule has 2 aromatic rings. The van der Waals surface area contributed by atoms with Crippen molar-refractivity contribution in [1.82, 2.24) is 4.98 Å². The van der Waals surface area contributed by atoms with E-state index in [1.54, 1.807) is 5.38 Å². The predicted molar refractivity (Wildman–Crippen MR) is 82.9 cm³/mol. The first kappa shape index (κ1) is 14.5. The van der Waals surface area contributed by atoms with Gasteiger partial charge in [0, 0.05) is 11.8 Å². The molecule has 0 aliphatic rings. The van der Waals surface area contributed by atoms with E-state index in [0.29, 0.717) is 18.2 Å². The Morgan fingerprint density at radius 3 is 2.90 bits per heavy atom. The molecular formula is C15H19N3OS. The Morgan fingerprint density at radius 1 is 1.45 bits per heavy atom. The fourth-order valence-corrected chi connectivity index (χ4v) is 2.55. The minimum Gasteiger partial charge on any atom is -0.493 e. The van der Waals surface area contributed by atoms with E-state index in [4.69, 9.17) is 15.9 Å². The number of ether oxygens (including phenoxy) is 1. The molecule has 3 N–H and O–H groups in total. The average molecular weight is 289 g/mol. The minimum absolute atomic E-state index is 0.0121. The van der Waals surface area contributed by atoms with E-state index in [1.165, 1.54) is 16.9 Å². The van der Waals surface area contributed by atoms with Crippen LogP contribution in [0.5, 0.6) is 5.75 Å². The molecule has 0 aliphatic carbocycles. The number of thiazole rings is 1. The molecule has 0 unspecified atom stereocenters. The third-order valence-electron chi connectivity index (χ3n) is 2.94. The number of hydrogen-bond acceptors (Lipinski definition) is 4. The van der Waals surface area contributed by atoms with Crippen LogP contribution in [0.25, 0.3) is 0 Å². The molecule has 106 valence electrons. The van der Waals surface area contributed by atoms with Crippen molar-refractivity contribution in [3.8, 4) is 5.75 Å². The normalized spacial score (nSPS) is 10.8. The number of hydrogen-bond donors (Lipinski definition) is 2. The molecule has 1 aromatic heterocycles. The number of nitrogens with two attached hydrogens (primary N) is 1. The number of nitrogens with one attached hydrogen (secondary N) is 1. The van der Waals surface area contributed by atoms with Gasteiger partial charge in [-0.25, -0.2) is 4.98 Å². The molecule has 2 rings (SSSR count). The van der Waals surface area contributed by atoms with Crippen LogP contribution in [0, 0.1) is 5.41 Å². The van der Waals surface area contributed by atoms with Crippen LogP contribution >= 0.6 is 11.3 Å². The molecule has 20 heavy (non-hydrogen) atoms. The number of nitrogen functional groups attached to an aromatic ring is 1. The van der Waals surface area contributed by atoms with E-state index in [0.717, 1.165) is 17.2 Å². The van der Waals surface area contributed by atoms with Crippen LogP contribution in [-0.4, -0.2) is 17.4 Å². The summed E-state index contributed by atoms with van der Waals surface area (Å²) in [5.41, 5.74) is 7.21. The first-order valence-electron chi connectivity index (χ1n) is 6.58. The SMILES string of the molecule is CC(C)c1cccc(OCCc2nc(C(=N)N)cs2)c1. The molecule has 0 amide bonds. The van der Waals surface area contributed by atoms with Crippen LogP contribution in [-0.2, 0) is 6.42 Å². The lowest BCUT2D eigenvalue weighted by molar-refractivity contribution is 0.321. The van der Waals surface area contributed by atoms with Gasteiger partial charge in [-0.2, -0.15) is 0 Å². The molecule has 1 heterocycles. The van der Waals surface area contributed by atoms with E-state index >= 15 is 0 Å². The first-order valence-corrected chi connectivity index (χ1v) is 7.46. The Kier molecular flexibility index (Phi) is 4.74. The molecule has 0 bridgehead atoms. The molecule has 0 radical (unpaired) electrons. The van der Waals surface area contributed by atoms with Crippen molar-refractivity contribution in [2.45, 2.75) is 26.2 Å². The molecule has 0 spiro atoms. The summed E-state index contributed by atoms with van der Waals surface area (Å²) >= 11 is 1.51. The third-order valence-corrected chi connectivity index (χ3v) is 3.85. The summed E-state index contributed by atoms with van der Waals surface area (Å²) in [5.74, 6) is 1.40. The van der Waals surface area contributed by atoms with Crippen LogP contribution < -0.4 is 10.5 Å². The highest BCUT2D eigenvalue weighted by Gasteiger charge is 2.05. The molecule has 1 aromatic carbocycles. The van der Waals surface area contributed by atoms with Gasteiger partial charge in [-0.05, 0) is 23.6 Å². The van der Waals surface area contributed by atoms with Gasteiger partial charge in [0.25, 0.3) is 0 Å². The highest BCUT2D eigenvalue weighted by molar-refractivity contribution is 7.09. The monoisotopic (exact) mass is 289 g/mol. The molecule has 0 fully saturated rings. The van der Waals surface area contributed by atoms with E-state index in [-0.39, 0.29) is 5.84 Å². The van der Waals surface area contributed by atoms with Gasteiger partial charge in [-0.15, -0.1) is 11.3 Å². The van der Waals surface area contributed by atoms with Crippen LogP contribution in [0.15, 0.2) is 29.6 Å². The summed E-state index contributed by atoms with van der Waals surface area (Å²) in [6.07, 6.45) is 0.726. The number of benzene rings is 1. The van der Waals surface area contributed by atoms with Crippen molar-refractivity contribution in [3.05, 3.63) is 45.9 Å². The molecule has 0 saturated heterocycles. The Bertz CT molecular complexity index is 592. The average Bonchev–Trinajstić information content (AvgIpc) is 2.88. The van der Waals surface area contributed by atoms with Gasteiger partial charge < -0.3 is 10.5 Å². The molecule has 4 nitrogen and oxygen atoms in total. The zero-order chi connectivity index (χ0) is 14.5. The number of rotatable bonds is 6. The standard InChI is InChI=1S/C15H19N3OS/c1-10(2)11-4-3-5-12(8-11)19-7-6-14-18-13(9-20-14)15(16)17/h3-5,8-10H,6-7H2,1-2H3,(H3,16,17). The maximum atomic E-state index is 7.31. The quantitative estimate of drug-likeness (QED) is 0.633. The van der Waals surface area contributed by atoms with Crippen molar-refractivity contribution in [1.29, 1.82) is 5.41 Å². The van der Waals surface area contributed by atoms with Crippen molar-refractivity contribution in [2.24, 2.45) is 5.73 Å². The Balaban J connectivity index is 1.89. The number of nitrogens with zero attached hydrogens (tertiary/aromatic N) is 1. The zero-order valence-corrected chi connectivity index (χ0v) is 12.5. The maximum absolute atomic E-state index is 7.31. The fraction of sp³-hybridized carbons (Fsp3) is 0.333. The summed E-state index contributed by atoms with van der Waals surface area (Å²) in [5, 5.41) is 10.1. The highest BCUT2D eigenvalue weighted by atomic mass is 32.1. The Hall–Kier alpha value is -1.88. The van der Waals surface area contributed by atoms with E-state index < -0.39 is 0 Å². The minimum atomic E-state index is 0.0121. The number of amidine groups is 1. The molecule has 5 heteroatoms. The van der Waals surface area contributed by atoms with Crippen molar-refractivity contribution < 1.29 is 4.74 Å². The maximum Gasteiger partial charge on any atom is 0.142 e.